The number of nitrogens with one attached hydrogen (secondary N) is 1. The molecule has 4 heterocycles. The Morgan fingerprint density at radius 2 is 1.89 bits per heavy atom. The molecule has 1 saturated heterocycles. The zero-order valence-corrected chi connectivity index (χ0v) is 19.8. The molecule has 0 amide bonds. The van der Waals surface area contributed by atoms with Gasteiger partial charge in [0.15, 0.2) is 11.6 Å². The van der Waals surface area contributed by atoms with Crippen molar-refractivity contribution in [1.82, 2.24) is 24.9 Å². The van der Waals surface area contributed by atoms with Crippen molar-refractivity contribution in [3.8, 4) is 11.3 Å². The van der Waals surface area contributed by atoms with Gasteiger partial charge in [-0.05, 0) is 30.3 Å². The van der Waals surface area contributed by atoms with Crippen LogP contribution in [0.1, 0.15) is 5.69 Å². The van der Waals surface area contributed by atoms with E-state index < -0.39 is 5.82 Å². The van der Waals surface area contributed by atoms with Crippen molar-refractivity contribution in [2.45, 2.75) is 6.54 Å². The highest BCUT2D eigenvalue weighted by atomic mass is 35.5. The molecule has 0 unspecified atom stereocenters. The summed E-state index contributed by atoms with van der Waals surface area (Å²) in [7, 11) is 0. The van der Waals surface area contributed by atoms with Crippen LogP contribution in [-0.2, 0) is 11.3 Å². The topological polar surface area (TPSA) is 114 Å². The van der Waals surface area contributed by atoms with Crippen LogP contribution in [0.25, 0.3) is 11.3 Å². The minimum atomic E-state index is -0.496. The molecule has 0 spiro atoms. The van der Waals surface area contributed by atoms with Crippen molar-refractivity contribution in [3.63, 3.8) is 0 Å². The zero-order valence-electron chi connectivity index (χ0n) is 19.1. The Bertz CT molecular complexity index is 1350. The monoisotopic (exact) mass is 505 g/mol. The third kappa shape index (κ3) is 5.93. The first-order valence-corrected chi connectivity index (χ1v) is 11.5. The Labute approximate surface area is 211 Å². The molecule has 0 atom stereocenters. The number of ether oxygens (including phenoxy) is 1. The Kier molecular flexibility index (Phi) is 7.29. The molecule has 4 aromatic rings. The summed E-state index contributed by atoms with van der Waals surface area (Å²) in [6.07, 6.45) is 7.74. The van der Waals surface area contributed by atoms with E-state index in [9.17, 15) is 4.39 Å². The van der Waals surface area contributed by atoms with E-state index in [1.54, 1.807) is 24.8 Å². The molecule has 12 heteroatoms. The van der Waals surface area contributed by atoms with Crippen LogP contribution in [0.15, 0.2) is 71.5 Å². The molecule has 5 rings (SSSR count). The highest BCUT2D eigenvalue weighted by Crippen LogP contribution is 2.27. The fraction of sp³-hybridized carbons (Fsp3) is 0.208. The lowest BCUT2D eigenvalue weighted by atomic mass is 10.1. The van der Waals surface area contributed by atoms with Crippen molar-refractivity contribution in [2.24, 2.45) is 10.2 Å². The van der Waals surface area contributed by atoms with E-state index in [0.29, 0.717) is 37.0 Å². The number of morpholine rings is 1. The number of pyridine rings is 1. The molecule has 1 fully saturated rings. The average molecular weight is 506 g/mol. The highest BCUT2D eigenvalue weighted by molar-refractivity contribution is 6.31. The lowest BCUT2D eigenvalue weighted by molar-refractivity contribution is 0.122. The van der Waals surface area contributed by atoms with Crippen LogP contribution in [0.2, 0.25) is 5.02 Å². The molecule has 1 N–H and O–H groups in total. The Morgan fingerprint density at radius 3 is 2.67 bits per heavy atom. The number of anilines is 3. The molecule has 0 radical (unpaired) electrons. The van der Waals surface area contributed by atoms with Gasteiger partial charge in [0.1, 0.15) is 6.54 Å². The van der Waals surface area contributed by atoms with Gasteiger partial charge in [0.05, 0.1) is 48.9 Å². The fourth-order valence-electron chi connectivity index (χ4n) is 3.58. The minimum absolute atomic E-state index is 0.0936. The van der Waals surface area contributed by atoms with Crippen LogP contribution in [-0.4, -0.2) is 51.2 Å². The molecule has 0 saturated carbocycles. The maximum atomic E-state index is 14.2. The van der Waals surface area contributed by atoms with Crippen LogP contribution in [0.3, 0.4) is 0 Å². The Morgan fingerprint density at radius 1 is 1.00 bits per heavy atom. The number of hydrogen-bond donors (Lipinski definition) is 1. The summed E-state index contributed by atoms with van der Waals surface area (Å²) in [5.41, 5.74) is 3.85. The average Bonchev–Trinajstić information content (AvgIpc) is 2.91. The first-order valence-electron chi connectivity index (χ1n) is 11.2. The number of nitrogens with zero attached hydrogens (tertiary/aromatic N) is 8. The third-order valence-electron chi connectivity index (χ3n) is 5.29. The second kappa shape index (κ2) is 11.1. The van der Waals surface area contributed by atoms with Gasteiger partial charge >= 0.3 is 0 Å². The lowest BCUT2D eigenvalue weighted by Crippen LogP contribution is -2.37. The summed E-state index contributed by atoms with van der Waals surface area (Å²) in [5.74, 6) is -0.195. The summed E-state index contributed by atoms with van der Waals surface area (Å²) in [6, 6.07) is 9.30. The molecule has 36 heavy (non-hydrogen) atoms. The number of aromatic nitrogens is 5. The van der Waals surface area contributed by atoms with E-state index in [2.05, 4.69) is 40.5 Å². The van der Waals surface area contributed by atoms with Gasteiger partial charge in [0, 0.05) is 41.8 Å². The standard InChI is InChI=1S/C24H21ClFN9O/c25-17-9-16(22-15-27-3-4-28-22)10-20(11-17)32-19-2-1-18(29-12-19)13-31-34-24-30-14-21(26)23(33-24)35-5-7-36-8-6-35/h1-4,9-12,14-15,32H,5-8,13H2. The summed E-state index contributed by atoms with van der Waals surface area (Å²) < 4.78 is 19.5. The predicted molar refractivity (Wildman–Crippen MR) is 133 cm³/mol. The van der Waals surface area contributed by atoms with Gasteiger partial charge in [0.25, 0.3) is 5.95 Å². The minimum Gasteiger partial charge on any atom is -0.378 e. The molecule has 10 nitrogen and oxygen atoms in total. The van der Waals surface area contributed by atoms with Gasteiger partial charge < -0.3 is 15.0 Å². The SMILES string of the molecule is Fc1cnc(N=NCc2ccc(Nc3cc(Cl)cc(-c4cnccn4)c3)cn2)nc1N1CCOCC1. The fourth-order valence-corrected chi connectivity index (χ4v) is 3.82. The van der Waals surface area contributed by atoms with Gasteiger partial charge in [-0.15, -0.1) is 5.11 Å². The van der Waals surface area contributed by atoms with E-state index in [0.717, 1.165) is 28.8 Å². The molecule has 1 aliphatic heterocycles. The Balaban J connectivity index is 1.22. The van der Waals surface area contributed by atoms with Gasteiger partial charge in [-0.1, -0.05) is 11.6 Å². The highest BCUT2D eigenvalue weighted by Gasteiger charge is 2.17. The van der Waals surface area contributed by atoms with Crippen LogP contribution in [0.5, 0.6) is 0 Å². The number of halogens is 2. The second-order valence-electron chi connectivity index (χ2n) is 7.82. The van der Waals surface area contributed by atoms with Crippen molar-refractivity contribution in [3.05, 3.63) is 77.8 Å². The second-order valence-corrected chi connectivity index (χ2v) is 8.26. The van der Waals surface area contributed by atoms with Crippen molar-refractivity contribution >= 4 is 34.7 Å². The van der Waals surface area contributed by atoms with Gasteiger partial charge in [-0.25, -0.2) is 9.37 Å². The zero-order chi connectivity index (χ0) is 24.7. The van der Waals surface area contributed by atoms with Crippen molar-refractivity contribution in [2.75, 3.05) is 36.5 Å². The van der Waals surface area contributed by atoms with E-state index >= 15 is 0 Å². The van der Waals surface area contributed by atoms with E-state index in [1.165, 1.54) is 0 Å². The first-order chi connectivity index (χ1) is 17.6. The van der Waals surface area contributed by atoms with Crippen molar-refractivity contribution < 1.29 is 9.13 Å². The van der Waals surface area contributed by atoms with Crippen LogP contribution < -0.4 is 10.2 Å². The third-order valence-corrected chi connectivity index (χ3v) is 5.50. The normalized spacial score (nSPS) is 13.8. The largest absolute Gasteiger partial charge is 0.378 e. The quantitative estimate of drug-likeness (QED) is 0.349. The Hall–Kier alpha value is -4.09. The summed E-state index contributed by atoms with van der Waals surface area (Å²) in [4.78, 5) is 22.8. The predicted octanol–water partition coefficient (Wildman–Crippen LogP) is 4.99. The number of rotatable bonds is 7. The number of hydrogen-bond acceptors (Lipinski definition) is 10. The smallest absolute Gasteiger partial charge is 0.270 e. The number of azo groups is 1. The van der Waals surface area contributed by atoms with E-state index in [-0.39, 0.29) is 18.3 Å². The van der Waals surface area contributed by atoms with Gasteiger partial charge in [-0.2, -0.15) is 10.1 Å². The molecule has 1 aliphatic rings. The molecular formula is C24H21ClFN9O. The molecule has 0 aliphatic carbocycles. The van der Waals surface area contributed by atoms with Gasteiger partial charge in [-0.3, -0.25) is 15.0 Å². The van der Waals surface area contributed by atoms with Crippen LogP contribution in [0.4, 0.5) is 27.5 Å². The molecule has 0 bridgehead atoms. The summed E-state index contributed by atoms with van der Waals surface area (Å²) in [6.45, 7) is 2.40. The van der Waals surface area contributed by atoms with Crippen LogP contribution >= 0.6 is 11.6 Å². The molecule has 182 valence electrons. The van der Waals surface area contributed by atoms with Crippen LogP contribution in [0, 0.1) is 5.82 Å². The lowest BCUT2D eigenvalue weighted by Gasteiger charge is -2.27. The maximum absolute atomic E-state index is 14.2. The maximum Gasteiger partial charge on any atom is 0.270 e. The summed E-state index contributed by atoms with van der Waals surface area (Å²) in [5, 5.41) is 12.0. The summed E-state index contributed by atoms with van der Waals surface area (Å²) >= 11 is 6.30. The first kappa shape index (κ1) is 23.6. The van der Waals surface area contributed by atoms with E-state index in [4.69, 9.17) is 16.3 Å². The molecular weight excluding hydrogens is 485 g/mol. The van der Waals surface area contributed by atoms with Gasteiger partial charge in [0.2, 0.25) is 0 Å². The van der Waals surface area contributed by atoms with Crippen molar-refractivity contribution in [1.29, 1.82) is 0 Å². The number of benzene rings is 1. The molecule has 3 aromatic heterocycles. The van der Waals surface area contributed by atoms with E-state index in [1.807, 2.05) is 35.2 Å². The molecule has 1 aromatic carbocycles.